The van der Waals surface area contributed by atoms with Crippen molar-refractivity contribution in [2.24, 2.45) is 0 Å². The van der Waals surface area contributed by atoms with Crippen LogP contribution < -0.4 is 0 Å². The first-order valence-corrected chi connectivity index (χ1v) is 3.05. The van der Waals surface area contributed by atoms with Gasteiger partial charge in [0.2, 0.25) is 17.0 Å². The normalized spacial score (nSPS) is 9.31. The van der Waals surface area contributed by atoms with E-state index in [-0.39, 0.29) is 6.07 Å². The van der Waals surface area contributed by atoms with Crippen LogP contribution in [-0.4, -0.2) is 4.92 Å². The zero-order valence-corrected chi connectivity index (χ0v) is 6.07. The predicted octanol–water partition coefficient (Wildman–Crippen LogP) is 2.36. The predicted molar refractivity (Wildman–Crippen MR) is 37.8 cm³/mol. The summed E-state index contributed by atoms with van der Waals surface area (Å²) < 4.78 is 25.2. The van der Waals surface area contributed by atoms with Crippen molar-refractivity contribution in [1.82, 2.24) is 0 Å². The highest BCUT2D eigenvalue weighted by atomic mass is 19.1. The molecule has 1 aromatic carbocycles. The van der Waals surface area contributed by atoms with Crippen LogP contribution in [0.3, 0.4) is 0 Å². The summed E-state index contributed by atoms with van der Waals surface area (Å²) in [6.45, 7) is 0. The van der Waals surface area contributed by atoms with E-state index in [2.05, 4.69) is 4.98 Å². The van der Waals surface area contributed by atoms with Gasteiger partial charge in [0.15, 0.2) is 4.98 Å². The molecule has 0 aliphatic carbocycles. The number of halogens is 2. The molecule has 0 radical (unpaired) electrons. The molecule has 0 N–H and O–H groups in total. The largest absolute Gasteiger partial charge is 0.427 e. The maximum absolute atomic E-state index is 12.6. The average Bonchev–Trinajstić information content (AvgIpc) is 2.03. The van der Waals surface area contributed by atoms with E-state index in [4.69, 9.17) is 5.39 Å². The molecule has 0 bridgehead atoms. The van der Waals surface area contributed by atoms with Gasteiger partial charge in [0.1, 0.15) is 6.07 Å². The van der Waals surface area contributed by atoms with E-state index in [1.165, 1.54) is 0 Å². The van der Waals surface area contributed by atoms with Crippen LogP contribution in [0.25, 0.3) is 4.98 Å². The molecule has 0 aliphatic heterocycles. The Labute approximate surface area is 70.4 Å². The number of diazo groups is 1. The minimum atomic E-state index is -1.31. The Kier molecular flexibility index (Phi) is 2.15. The summed E-state index contributed by atoms with van der Waals surface area (Å²) in [6.07, 6.45) is 0. The molecule has 0 atom stereocenters. The molecule has 66 valence electrons. The SMILES string of the molecule is N#[N+]c1cc([N+](=O)[O-])c(F)cc1F. The van der Waals surface area contributed by atoms with E-state index in [1.807, 2.05) is 0 Å². The Morgan fingerprint density at radius 3 is 2.46 bits per heavy atom. The fourth-order valence-corrected chi connectivity index (χ4v) is 0.743. The summed E-state index contributed by atoms with van der Waals surface area (Å²) >= 11 is 0. The van der Waals surface area contributed by atoms with Crippen molar-refractivity contribution in [1.29, 1.82) is 5.39 Å². The minimum absolute atomic E-state index is 0.285. The highest BCUT2D eigenvalue weighted by Gasteiger charge is 2.25. The highest BCUT2D eigenvalue weighted by Crippen LogP contribution is 2.26. The van der Waals surface area contributed by atoms with Gasteiger partial charge in [-0.1, -0.05) is 0 Å². The average molecular weight is 186 g/mol. The Morgan fingerprint density at radius 1 is 1.38 bits per heavy atom. The minimum Gasteiger partial charge on any atom is -0.258 e. The second kappa shape index (κ2) is 3.10. The second-order valence-electron chi connectivity index (χ2n) is 2.11. The van der Waals surface area contributed by atoms with Gasteiger partial charge in [-0.3, -0.25) is 10.1 Å². The Hall–Kier alpha value is -2.10. The first kappa shape index (κ1) is 8.99. The summed E-state index contributed by atoms with van der Waals surface area (Å²) in [4.78, 5) is 11.5. The van der Waals surface area contributed by atoms with E-state index in [1.54, 1.807) is 0 Å². The van der Waals surface area contributed by atoms with E-state index in [0.717, 1.165) is 0 Å². The van der Waals surface area contributed by atoms with E-state index < -0.39 is 27.9 Å². The summed E-state index contributed by atoms with van der Waals surface area (Å²) in [5, 5.41) is 18.3. The molecule has 1 aromatic rings. The van der Waals surface area contributed by atoms with Gasteiger partial charge in [0.25, 0.3) is 0 Å². The molecule has 0 unspecified atom stereocenters. The van der Waals surface area contributed by atoms with Gasteiger partial charge in [-0.05, 0) is 0 Å². The number of nitrogens with zero attached hydrogens (tertiary/aromatic N) is 3. The molecule has 0 spiro atoms. The molecule has 0 amide bonds. The summed E-state index contributed by atoms with van der Waals surface area (Å²) in [5.74, 6) is -2.47. The van der Waals surface area contributed by atoms with Crippen molar-refractivity contribution in [2.45, 2.75) is 0 Å². The van der Waals surface area contributed by atoms with Crippen molar-refractivity contribution in [2.75, 3.05) is 0 Å². The van der Waals surface area contributed by atoms with Crippen molar-refractivity contribution >= 4 is 11.4 Å². The van der Waals surface area contributed by atoms with Gasteiger partial charge in [-0.2, -0.15) is 8.78 Å². The molecule has 7 heteroatoms. The van der Waals surface area contributed by atoms with Gasteiger partial charge in [0.05, 0.1) is 4.92 Å². The van der Waals surface area contributed by atoms with E-state index in [0.29, 0.717) is 6.07 Å². The summed E-state index contributed by atoms with van der Waals surface area (Å²) in [7, 11) is 0. The monoisotopic (exact) mass is 186 g/mol. The number of benzene rings is 1. The van der Waals surface area contributed by atoms with Crippen molar-refractivity contribution in [3.63, 3.8) is 0 Å². The quantitative estimate of drug-likeness (QED) is 0.384. The molecule has 1 rings (SSSR count). The third kappa shape index (κ3) is 1.56. The van der Waals surface area contributed by atoms with E-state index in [9.17, 15) is 18.9 Å². The van der Waals surface area contributed by atoms with Gasteiger partial charge in [0, 0.05) is 6.07 Å². The van der Waals surface area contributed by atoms with Crippen molar-refractivity contribution in [3.8, 4) is 0 Å². The number of nitro benzene ring substituents is 1. The van der Waals surface area contributed by atoms with Crippen LogP contribution in [0.2, 0.25) is 0 Å². The molecular formula is C6H2F2N3O2+. The number of nitro groups is 1. The van der Waals surface area contributed by atoms with Crippen molar-refractivity contribution in [3.05, 3.63) is 38.9 Å². The third-order valence-corrected chi connectivity index (χ3v) is 1.32. The second-order valence-corrected chi connectivity index (χ2v) is 2.11. The Balaban J connectivity index is 3.41. The molecule has 0 aromatic heterocycles. The molecule has 0 fully saturated rings. The molecule has 0 saturated heterocycles. The first-order chi connectivity index (χ1) is 6.06. The van der Waals surface area contributed by atoms with Crippen LogP contribution in [0.1, 0.15) is 0 Å². The van der Waals surface area contributed by atoms with Crippen LogP contribution >= 0.6 is 0 Å². The van der Waals surface area contributed by atoms with Gasteiger partial charge in [-0.15, -0.1) is 0 Å². The molecule has 0 aliphatic rings. The van der Waals surface area contributed by atoms with Gasteiger partial charge < -0.3 is 0 Å². The fraction of sp³-hybridized carbons (Fsp3) is 0. The van der Waals surface area contributed by atoms with Crippen LogP contribution in [0.4, 0.5) is 20.2 Å². The third-order valence-electron chi connectivity index (χ3n) is 1.32. The number of hydrogen-bond acceptors (Lipinski definition) is 3. The Morgan fingerprint density at radius 2 is 2.00 bits per heavy atom. The summed E-state index contributed by atoms with van der Waals surface area (Å²) in [6, 6.07) is 0.790. The molecule has 0 heterocycles. The lowest BCUT2D eigenvalue weighted by Gasteiger charge is -1.90. The summed E-state index contributed by atoms with van der Waals surface area (Å²) in [5.41, 5.74) is -1.61. The number of hydrogen-bond donors (Lipinski definition) is 0. The zero-order valence-electron chi connectivity index (χ0n) is 6.07. The fourth-order valence-electron chi connectivity index (χ4n) is 0.743. The van der Waals surface area contributed by atoms with Crippen LogP contribution in [0.15, 0.2) is 12.1 Å². The zero-order chi connectivity index (χ0) is 10.0. The molecular weight excluding hydrogens is 184 g/mol. The maximum atomic E-state index is 12.6. The first-order valence-electron chi connectivity index (χ1n) is 3.05. The van der Waals surface area contributed by atoms with Gasteiger partial charge in [-0.25, -0.2) is 0 Å². The van der Waals surface area contributed by atoms with Crippen molar-refractivity contribution < 1.29 is 13.7 Å². The molecule has 5 nitrogen and oxygen atoms in total. The topological polar surface area (TPSA) is 71.3 Å². The lowest BCUT2D eigenvalue weighted by Crippen LogP contribution is -1.93. The highest BCUT2D eigenvalue weighted by molar-refractivity contribution is 5.53. The van der Waals surface area contributed by atoms with Crippen LogP contribution in [0.5, 0.6) is 0 Å². The maximum Gasteiger partial charge on any atom is 0.427 e. The molecule has 13 heavy (non-hydrogen) atoms. The van der Waals surface area contributed by atoms with Crippen LogP contribution in [0, 0.1) is 27.1 Å². The van der Waals surface area contributed by atoms with E-state index >= 15 is 0 Å². The van der Waals surface area contributed by atoms with Crippen LogP contribution in [-0.2, 0) is 0 Å². The Bertz CT molecular complexity index is 413. The smallest absolute Gasteiger partial charge is 0.258 e. The lowest BCUT2D eigenvalue weighted by molar-refractivity contribution is -0.387. The standard InChI is InChI=1S/C6H2F2N3O2/c7-3-1-4(8)6(11(12)13)2-5(3)10-9/h1-2H/q+1. The number of rotatable bonds is 1. The molecule has 0 saturated carbocycles. The lowest BCUT2D eigenvalue weighted by atomic mass is 10.2. The van der Waals surface area contributed by atoms with Gasteiger partial charge >= 0.3 is 11.4 Å².